The number of fused-ring (bicyclic) bond motifs is 2. The highest BCUT2D eigenvalue weighted by molar-refractivity contribution is 7.90. The van der Waals surface area contributed by atoms with Crippen LogP contribution in [0.25, 0.3) is 44.5 Å². The van der Waals surface area contributed by atoms with Crippen LogP contribution in [0.1, 0.15) is 36.2 Å². The lowest BCUT2D eigenvalue weighted by molar-refractivity contribution is -0.274. The van der Waals surface area contributed by atoms with Crippen molar-refractivity contribution >= 4 is 31.6 Å². The lowest BCUT2D eigenvalue weighted by Gasteiger charge is -2.14. The van der Waals surface area contributed by atoms with E-state index in [2.05, 4.69) is 14.9 Å². The Morgan fingerprint density at radius 3 is 2.39 bits per heavy atom. The molecule has 3 aromatic carbocycles. The summed E-state index contributed by atoms with van der Waals surface area (Å²) in [5, 5.41) is 10.2. The van der Waals surface area contributed by atoms with Gasteiger partial charge >= 0.3 is 6.36 Å². The Bertz CT molecular complexity index is 2230. The normalized spacial score (nSPS) is 14.8. The van der Waals surface area contributed by atoms with E-state index in [4.69, 9.17) is 4.98 Å². The van der Waals surface area contributed by atoms with Gasteiger partial charge in [-0.1, -0.05) is 24.3 Å². The van der Waals surface area contributed by atoms with Gasteiger partial charge in [0.05, 0.1) is 33.7 Å². The van der Waals surface area contributed by atoms with Crippen molar-refractivity contribution in [3.63, 3.8) is 0 Å². The van der Waals surface area contributed by atoms with Crippen LogP contribution in [-0.4, -0.2) is 50.1 Å². The van der Waals surface area contributed by atoms with E-state index in [-0.39, 0.29) is 22.9 Å². The van der Waals surface area contributed by atoms with E-state index in [1.807, 2.05) is 16.7 Å². The average molecular weight is 653 g/mol. The molecule has 1 saturated carbocycles. The predicted molar refractivity (Wildman–Crippen MR) is 164 cm³/mol. The predicted octanol–water partition coefficient (Wildman–Crippen LogP) is 6.88. The second kappa shape index (κ2) is 10.7. The van der Waals surface area contributed by atoms with Gasteiger partial charge in [-0.05, 0) is 42.7 Å². The third-order valence-corrected chi connectivity index (χ3v) is 9.29. The number of ether oxygens (including phenoxy) is 1. The molecule has 0 saturated heterocycles. The molecular formula is C32H28F4N6O3S. The van der Waals surface area contributed by atoms with Gasteiger partial charge in [-0.25, -0.2) is 17.8 Å². The van der Waals surface area contributed by atoms with Gasteiger partial charge in [0.2, 0.25) is 0 Å². The first-order chi connectivity index (χ1) is 21.7. The number of sulfone groups is 1. The molecule has 9 nitrogen and oxygen atoms in total. The maximum absolute atomic E-state index is 15.4. The Morgan fingerprint density at radius 2 is 1.72 bits per heavy atom. The van der Waals surface area contributed by atoms with Crippen molar-refractivity contribution in [2.24, 2.45) is 14.1 Å². The lowest BCUT2D eigenvalue weighted by atomic mass is 10.0. The fourth-order valence-electron chi connectivity index (χ4n) is 5.92. The summed E-state index contributed by atoms with van der Waals surface area (Å²) >= 11 is 0. The van der Waals surface area contributed by atoms with E-state index < -0.39 is 28.1 Å². The molecule has 3 heterocycles. The number of hydrogen-bond donors (Lipinski definition) is 0. The van der Waals surface area contributed by atoms with Crippen molar-refractivity contribution in [1.82, 2.24) is 29.1 Å². The summed E-state index contributed by atoms with van der Waals surface area (Å²) in [7, 11) is 0.0724. The maximum Gasteiger partial charge on any atom is 0.573 e. The van der Waals surface area contributed by atoms with Crippen LogP contribution in [0.2, 0.25) is 0 Å². The minimum Gasteiger partial charge on any atom is -0.405 e. The van der Waals surface area contributed by atoms with Crippen molar-refractivity contribution < 1.29 is 30.7 Å². The van der Waals surface area contributed by atoms with Gasteiger partial charge in [-0.2, -0.15) is 10.2 Å². The minimum absolute atomic E-state index is 0.108. The highest BCUT2D eigenvalue weighted by atomic mass is 32.2. The van der Waals surface area contributed by atoms with Crippen LogP contribution in [0.3, 0.4) is 0 Å². The Hall–Kier alpha value is -4.72. The van der Waals surface area contributed by atoms with Gasteiger partial charge in [0.1, 0.15) is 17.7 Å². The Balaban J connectivity index is 1.30. The van der Waals surface area contributed by atoms with Crippen LogP contribution in [-0.2, 0) is 30.5 Å². The lowest BCUT2D eigenvalue weighted by Crippen LogP contribution is -2.18. The number of benzene rings is 3. The van der Waals surface area contributed by atoms with Crippen LogP contribution in [0, 0.1) is 0 Å². The van der Waals surface area contributed by atoms with Crippen molar-refractivity contribution in [2.45, 2.75) is 42.7 Å². The van der Waals surface area contributed by atoms with E-state index in [1.165, 1.54) is 39.7 Å². The van der Waals surface area contributed by atoms with Crippen molar-refractivity contribution in [1.29, 1.82) is 0 Å². The fourth-order valence-corrected chi connectivity index (χ4v) is 6.55. The standard InChI is InChI=1S/C32H28F4N6O3S/c1-40-15-20-13-23(28(14-27(20)38-40)45-32(34,35)36)31-37-29(30(41(31)2)19-7-8-19)22-5-4-6-26-24(22)16-42(39-26)17-25(33)18-9-11-21(12-10-18)46(3,43)44/h4-6,9-16,19,25H,7-8,17H2,1-3H3/t25-/m0/s1. The van der Waals surface area contributed by atoms with Gasteiger partial charge in [0, 0.05) is 66.8 Å². The number of halogens is 4. The van der Waals surface area contributed by atoms with Crippen LogP contribution in [0.5, 0.6) is 5.75 Å². The van der Waals surface area contributed by atoms with Gasteiger partial charge in [-0.15, -0.1) is 13.2 Å². The first-order valence-electron chi connectivity index (χ1n) is 14.5. The van der Waals surface area contributed by atoms with Crippen molar-refractivity contribution in [3.05, 3.63) is 78.2 Å². The van der Waals surface area contributed by atoms with Crippen LogP contribution in [0.15, 0.2) is 71.9 Å². The molecule has 1 aliphatic rings. The summed E-state index contributed by atoms with van der Waals surface area (Å²) in [6.07, 6.45) is -0.0106. The van der Waals surface area contributed by atoms with Crippen LogP contribution in [0.4, 0.5) is 17.6 Å². The smallest absolute Gasteiger partial charge is 0.405 e. The van der Waals surface area contributed by atoms with E-state index >= 15 is 4.39 Å². The summed E-state index contributed by atoms with van der Waals surface area (Å²) in [5.74, 6) is 0.0868. The highest BCUT2D eigenvalue weighted by Crippen LogP contribution is 2.48. The zero-order chi connectivity index (χ0) is 32.5. The van der Waals surface area contributed by atoms with Crippen molar-refractivity contribution in [2.75, 3.05) is 6.26 Å². The summed E-state index contributed by atoms with van der Waals surface area (Å²) in [5.41, 5.74) is 3.68. The molecule has 238 valence electrons. The molecule has 7 rings (SSSR count). The number of aromatic nitrogens is 6. The Labute approximate surface area is 260 Å². The molecular weight excluding hydrogens is 624 g/mol. The first kappa shape index (κ1) is 30.0. The molecule has 6 aromatic rings. The van der Waals surface area contributed by atoms with Gasteiger partial charge in [0.15, 0.2) is 9.84 Å². The molecule has 0 aliphatic heterocycles. The largest absolute Gasteiger partial charge is 0.573 e. The van der Waals surface area contributed by atoms with E-state index in [1.54, 1.807) is 38.6 Å². The molecule has 14 heteroatoms. The van der Waals surface area contributed by atoms with Crippen LogP contribution >= 0.6 is 0 Å². The maximum atomic E-state index is 15.4. The number of alkyl halides is 4. The number of nitrogens with zero attached hydrogens (tertiary/aromatic N) is 6. The summed E-state index contributed by atoms with van der Waals surface area (Å²) in [4.78, 5) is 5.05. The fraction of sp³-hybridized carbons (Fsp3) is 0.281. The average Bonchev–Trinajstić information content (AvgIpc) is 3.48. The molecule has 0 amide bonds. The molecule has 0 unspecified atom stereocenters. The van der Waals surface area contributed by atoms with Crippen molar-refractivity contribution in [3.8, 4) is 28.4 Å². The molecule has 1 atom stereocenters. The second-order valence-corrected chi connectivity index (χ2v) is 13.7. The summed E-state index contributed by atoms with van der Waals surface area (Å²) in [6.45, 7) is -0.113. The zero-order valence-corrected chi connectivity index (χ0v) is 25.8. The number of hydrogen-bond acceptors (Lipinski definition) is 6. The molecule has 3 aromatic heterocycles. The van der Waals surface area contributed by atoms with Crippen LogP contribution < -0.4 is 4.74 Å². The molecule has 0 spiro atoms. The molecule has 0 radical (unpaired) electrons. The topological polar surface area (TPSA) is 96.8 Å². The Kier molecular flexibility index (Phi) is 6.96. The van der Waals surface area contributed by atoms with E-state index in [0.717, 1.165) is 30.4 Å². The Morgan fingerprint density at radius 1 is 0.978 bits per heavy atom. The third-order valence-electron chi connectivity index (χ3n) is 8.16. The summed E-state index contributed by atoms with van der Waals surface area (Å²) < 4.78 is 88.9. The van der Waals surface area contributed by atoms with E-state index in [9.17, 15) is 21.6 Å². The molecule has 0 bridgehead atoms. The highest BCUT2D eigenvalue weighted by Gasteiger charge is 2.36. The molecule has 1 fully saturated rings. The van der Waals surface area contributed by atoms with E-state index in [0.29, 0.717) is 38.9 Å². The minimum atomic E-state index is -4.92. The molecule has 0 N–H and O–H groups in total. The second-order valence-electron chi connectivity index (χ2n) is 11.7. The SMILES string of the molecule is Cn1cc2cc(-c3nc(-c4cccc5nn(C[C@H](F)c6ccc(S(C)(=O)=O)cc6)cc45)c(C4CC4)n3C)c(OC(F)(F)F)cc2n1. The third kappa shape index (κ3) is 5.61. The monoisotopic (exact) mass is 652 g/mol. The number of imidazole rings is 1. The summed E-state index contributed by atoms with van der Waals surface area (Å²) in [6, 6.07) is 14.0. The van der Waals surface area contributed by atoms with Gasteiger partial charge in [-0.3, -0.25) is 9.36 Å². The quantitative estimate of drug-likeness (QED) is 0.166. The zero-order valence-electron chi connectivity index (χ0n) is 25.0. The number of rotatable bonds is 8. The van der Waals surface area contributed by atoms with Gasteiger partial charge < -0.3 is 9.30 Å². The molecule has 46 heavy (non-hydrogen) atoms. The number of aryl methyl sites for hydroxylation is 1. The van der Waals surface area contributed by atoms with Gasteiger partial charge in [0.25, 0.3) is 0 Å². The first-order valence-corrected chi connectivity index (χ1v) is 16.3. The molecule has 1 aliphatic carbocycles.